The smallest absolute Gasteiger partial charge is 0.383 e. The summed E-state index contributed by atoms with van der Waals surface area (Å²) in [6.07, 6.45) is -11.4. The van der Waals surface area contributed by atoms with Crippen molar-refractivity contribution in [3.63, 3.8) is 0 Å². The van der Waals surface area contributed by atoms with Crippen LogP contribution in [0.25, 0.3) is 0 Å². The molecular weight excluding hydrogens is 418 g/mol. The third-order valence-electron chi connectivity index (χ3n) is 4.29. The second kappa shape index (κ2) is 7.81. The summed E-state index contributed by atoms with van der Waals surface area (Å²) in [6, 6.07) is 11.1. The predicted molar refractivity (Wildman–Crippen MR) is 95.3 cm³/mol. The molecule has 3 aromatic rings. The number of alkyl halides is 6. The van der Waals surface area contributed by atoms with Gasteiger partial charge in [-0.05, 0) is 47.5 Å². The lowest BCUT2D eigenvalue weighted by molar-refractivity contribution is -0.138. The number of thiophene rings is 1. The Labute approximate surface area is 165 Å². The Hall–Kier alpha value is -2.36. The maximum Gasteiger partial charge on any atom is 0.416 e. The molecule has 0 spiro atoms. The summed E-state index contributed by atoms with van der Waals surface area (Å²) in [4.78, 5) is 0.761. The number of aliphatic hydroxyl groups is 2. The van der Waals surface area contributed by atoms with E-state index in [-0.39, 0.29) is 11.1 Å². The van der Waals surface area contributed by atoms with E-state index in [0.717, 1.165) is 35.6 Å². The molecule has 29 heavy (non-hydrogen) atoms. The maximum atomic E-state index is 12.6. The summed E-state index contributed by atoms with van der Waals surface area (Å²) >= 11 is 1.01. The number of aliphatic hydroxyl groups excluding tert-OH is 2. The van der Waals surface area contributed by atoms with Crippen molar-refractivity contribution < 1.29 is 36.6 Å². The van der Waals surface area contributed by atoms with Gasteiger partial charge in [-0.1, -0.05) is 24.3 Å². The Morgan fingerprint density at radius 1 is 0.552 bits per heavy atom. The lowest BCUT2D eigenvalue weighted by atomic mass is 10.0. The van der Waals surface area contributed by atoms with E-state index in [9.17, 15) is 36.6 Å². The fourth-order valence-corrected chi connectivity index (χ4v) is 3.74. The summed E-state index contributed by atoms with van der Waals surface area (Å²) in [5.41, 5.74) is -1.18. The highest BCUT2D eigenvalue weighted by atomic mass is 32.1. The molecule has 9 heteroatoms. The van der Waals surface area contributed by atoms with Crippen LogP contribution in [0.15, 0.2) is 60.7 Å². The first-order valence-corrected chi connectivity index (χ1v) is 9.08. The van der Waals surface area contributed by atoms with Crippen LogP contribution in [0.4, 0.5) is 26.3 Å². The van der Waals surface area contributed by atoms with Crippen molar-refractivity contribution >= 4 is 11.3 Å². The van der Waals surface area contributed by atoms with Gasteiger partial charge in [0, 0.05) is 9.75 Å². The largest absolute Gasteiger partial charge is 0.416 e. The minimum atomic E-state index is -4.48. The highest BCUT2D eigenvalue weighted by Gasteiger charge is 2.31. The van der Waals surface area contributed by atoms with Crippen LogP contribution in [-0.2, 0) is 12.4 Å². The zero-order chi connectivity index (χ0) is 21.4. The van der Waals surface area contributed by atoms with Crippen LogP contribution in [0.2, 0.25) is 0 Å². The van der Waals surface area contributed by atoms with Gasteiger partial charge in [0.05, 0.1) is 11.1 Å². The summed E-state index contributed by atoms with van der Waals surface area (Å²) < 4.78 is 75.8. The number of rotatable bonds is 4. The average Bonchev–Trinajstić information content (AvgIpc) is 3.16. The van der Waals surface area contributed by atoms with Crippen molar-refractivity contribution in [2.45, 2.75) is 24.6 Å². The molecule has 0 fully saturated rings. The van der Waals surface area contributed by atoms with Crippen LogP contribution < -0.4 is 0 Å². The SMILES string of the molecule is OC(c1ccc(C(F)(F)F)cc1)c1ccc(C(O)c2ccc(C(F)(F)F)cc2)s1. The van der Waals surface area contributed by atoms with E-state index in [2.05, 4.69) is 0 Å². The van der Waals surface area contributed by atoms with Crippen molar-refractivity contribution in [1.82, 2.24) is 0 Å². The molecule has 2 nitrogen and oxygen atoms in total. The van der Waals surface area contributed by atoms with Gasteiger partial charge in [0.2, 0.25) is 0 Å². The van der Waals surface area contributed by atoms with Crippen molar-refractivity contribution in [3.05, 3.63) is 92.7 Å². The highest BCUT2D eigenvalue weighted by Crippen LogP contribution is 2.36. The van der Waals surface area contributed by atoms with E-state index >= 15 is 0 Å². The second-order valence-electron chi connectivity index (χ2n) is 6.28. The minimum absolute atomic E-state index is 0.246. The monoisotopic (exact) mass is 432 g/mol. The first-order chi connectivity index (χ1) is 13.5. The van der Waals surface area contributed by atoms with Gasteiger partial charge in [0.15, 0.2) is 0 Å². The van der Waals surface area contributed by atoms with Gasteiger partial charge in [0.1, 0.15) is 12.2 Å². The molecule has 0 aliphatic carbocycles. The summed E-state index contributed by atoms with van der Waals surface area (Å²) in [6.45, 7) is 0. The average molecular weight is 432 g/mol. The molecule has 0 bridgehead atoms. The van der Waals surface area contributed by atoms with Crippen LogP contribution in [0.5, 0.6) is 0 Å². The van der Waals surface area contributed by atoms with Gasteiger partial charge in [-0.3, -0.25) is 0 Å². The van der Waals surface area contributed by atoms with Crippen molar-refractivity contribution in [2.24, 2.45) is 0 Å². The molecule has 1 heterocycles. The quantitative estimate of drug-likeness (QED) is 0.501. The third-order valence-corrected chi connectivity index (χ3v) is 5.48. The predicted octanol–water partition coefficient (Wildman–Crippen LogP) is 5.95. The minimum Gasteiger partial charge on any atom is -0.383 e. The molecule has 2 atom stereocenters. The summed E-state index contributed by atoms with van der Waals surface area (Å²) in [7, 11) is 0. The van der Waals surface area contributed by atoms with E-state index < -0.39 is 35.7 Å². The molecule has 2 N–H and O–H groups in total. The molecule has 0 saturated heterocycles. The fourth-order valence-electron chi connectivity index (χ4n) is 2.70. The normalized spacial score (nSPS) is 14.6. The van der Waals surface area contributed by atoms with Gasteiger partial charge >= 0.3 is 12.4 Å². The van der Waals surface area contributed by atoms with Gasteiger partial charge in [0.25, 0.3) is 0 Å². The summed E-state index contributed by atoms with van der Waals surface area (Å²) in [5, 5.41) is 20.8. The molecule has 0 aliphatic rings. The number of hydrogen-bond donors (Lipinski definition) is 2. The van der Waals surface area contributed by atoms with E-state index in [1.54, 1.807) is 0 Å². The van der Waals surface area contributed by atoms with Gasteiger partial charge in [-0.25, -0.2) is 0 Å². The second-order valence-corrected chi connectivity index (χ2v) is 7.43. The molecule has 0 radical (unpaired) electrons. The van der Waals surface area contributed by atoms with E-state index in [4.69, 9.17) is 0 Å². The molecule has 1 aromatic heterocycles. The molecule has 0 aliphatic heterocycles. The fraction of sp³-hybridized carbons (Fsp3) is 0.200. The number of benzene rings is 2. The standard InChI is InChI=1S/C20H14F6O2S/c21-19(22,23)13-5-1-11(2-6-13)17(27)15-9-10-16(29-15)18(28)12-3-7-14(8-4-12)20(24,25)26/h1-10,17-18,27-28H. The van der Waals surface area contributed by atoms with Crippen molar-refractivity contribution in [3.8, 4) is 0 Å². The maximum absolute atomic E-state index is 12.6. The number of hydrogen-bond acceptors (Lipinski definition) is 3. The zero-order valence-corrected chi connectivity index (χ0v) is 15.3. The Kier molecular flexibility index (Phi) is 5.75. The highest BCUT2D eigenvalue weighted by molar-refractivity contribution is 7.12. The van der Waals surface area contributed by atoms with E-state index in [1.807, 2.05) is 0 Å². The first-order valence-electron chi connectivity index (χ1n) is 8.27. The van der Waals surface area contributed by atoms with Crippen molar-refractivity contribution in [1.29, 1.82) is 0 Å². The Bertz CT molecular complexity index is 880. The van der Waals surface area contributed by atoms with Crippen LogP contribution in [0, 0.1) is 0 Å². The molecule has 0 saturated carbocycles. The molecule has 154 valence electrons. The summed E-state index contributed by atoms with van der Waals surface area (Å²) in [5.74, 6) is 0. The molecule has 3 rings (SSSR count). The molecule has 2 unspecified atom stereocenters. The molecule has 0 amide bonds. The molecule has 2 aromatic carbocycles. The Balaban J connectivity index is 1.77. The van der Waals surface area contributed by atoms with E-state index in [1.165, 1.54) is 36.4 Å². The van der Waals surface area contributed by atoms with Crippen LogP contribution in [-0.4, -0.2) is 10.2 Å². The Morgan fingerprint density at radius 2 is 0.862 bits per heavy atom. The van der Waals surface area contributed by atoms with Crippen LogP contribution in [0.3, 0.4) is 0 Å². The van der Waals surface area contributed by atoms with E-state index in [0.29, 0.717) is 9.75 Å². The van der Waals surface area contributed by atoms with Crippen molar-refractivity contribution in [2.75, 3.05) is 0 Å². The zero-order valence-electron chi connectivity index (χ0n) is 14.5. The first kappa shape index (κ1) is 21.4. The number of halogens is 6. The van der Waals surface area contributed by atoms with Gasteiger partial charge in [-0.15, -0.1) is 11.3 Å². The Morgan fingerprint density at radius 3 is 1.14 bits per heavy atom. The topological polar surface area (TPSA) is 40.5 Å². The van der Waals surface area contributed by atoms with Gasteiger partial charge < -0.3 is 10.2 Å². The lowest BCUT2D eigenvalue weighted by Crippen LogP contribution is -2.05. The third kappa shape index (κ3) is 4.80. The van der Waals surface area contributed by atoms with Crippen LogP contribution >= 0.6 is 11.3 Å². The lowest BCUT2D eigenvalue weighted by Gasteiger charge is -2.13. The van der Waals surface area contributed by atoms with Crippen LogP contribution in [0.1, 0.15) is 44.2 Å². The van der Waals surface area contributed by atoms with Gasteiger partial charge in [-0.2, -0.15) is 26.3 Å². The molecular formula is C20H14F6O2S.